The number of aryl methyl sites for hydroxylation is 1. The summed E-state index contributed by atoms with van der Waals surface area (Å²) in [4.78, 5) is 26.4. The number of carbonyl (C=O) groups is 1. The molecule has 0 atom stereocenters. The molecule has 4 aliphatic rings. The topological polar surface area (TPSA) is 108 Å². The van der Waals surface area contributed by atoms with Crippen molar-refractivity contribution >= 4 is 39.1 Å². The molecule has 2 saturated heterocycles. The van der Waals surface area contributed by atoms with Crippen LogP contribution in [0.3, 0.4) is 0 Å². The largest absolute Gasteiger partial charge is 0.371 e. The van der Waals surface area contributed by atoms with Gasteiger partial charge in [0.15, 0.2) is 0 Å². The third kappa shape index (κ3) is 6.31. The van der Waals surface area contributed by atoms with Gasteiger partial charge in [-0.1, -0.05) is 0 Å². The maximum atomic E-state index is 13.7. The molecule has 0 unspecified atom stereocenters. The first-order valence-corrected chi connectivity index (χ1v) is 15.8. The van der Waals surface area contributed by atoms with Gasteiger partial charge in [0, 0.05) is 50.8 Å². The van der Waals surface area contributed by atoms with Crippen LogP contribution in [0.2, 0.25) is 0 Å². The highest BCUT2D eigenvalue weighted by Crippen LogP contribution is 2.54. The predicted molar refractivity (Wildman–Crippen MR) is 151 cm³/mol. The number of halogens is 2. The Morgan fingerprint density at radius 1 is 0.975 bits per heavy atom. The molecule has 1 aromatic heterocycles. The summed E-state index contributed by atoms with van der Waals surface area (Å²) in [5, 5.41) is 2.87. The van der Waals surface area contributed by atoms with E-state index in [4.69, 9.17) is 0 Å². The second-order valence-electron chi connectivity index (χ2n) is 12.0. The van der Waals surface area contributed by atoms with E-state index in [1.807, 2.05) is 0 Å². The van der Waals surface area contributed by atoms with Gasteiger partial charge in [-0.2, -0.15) is 4.98 Å². The van der Waals surface area contributed by atoms with Gasteiger partial charge in [0.25, 0.3) is 11.8 Å². The van der Waals surface area contributed by atoms with Crippen molar-refractivity contribution in [1.82, 2.24) is 9.97 Å². The Hall–Kier alpha value is -3.02. The lowest BCUT2D eigenvalue weighted by Gasteiger charge is -2.35. The molecule has 2 aromatic rings. The van der Waals surface area contributed by atoms with E-state index >= 15 is 0 Å². The lowest BCUT2D eigenvalue weighted by Crippen LogP contribution is -2.40. The molecule has 3 heterocycles. The van der Waals surface area contributed by atoms with Gasteiger partial charge in [0.05, 0.1) is 22.7 Å². The normalized spacial score (nSPS) is 21.8. The van der Waals surface area contributed by atoms with Crippen LogP contribution in [0.4, 0.5) is 31.9 Å². The van der Waals surface area contributed by atoms with Gasteiger partial charge in [-0.3, -0.25) is 9.52 Å². The van der Waals surface area contributed by atoms with E-state index in [-0.39, 0.29) is 43.5 Å². The van der Waals surface area contributed by atoms with E-state index in [1.165, 1.54) is 12.8 Å². The van der Waals surface area contributed by atoms with Gasteiger partial charge in [0.2, 0.25) is 16.0 Å². The number of hydrogen-bond donors (Lipinski definition) is 2. The summed E-state index contributed by atoms with van der Waals surface area (Å²) in [7, 11) is -3.47. The minimum atomic E-state index is -3.47. The van der Waals surface area contributed by atoms with Crippen LogP contribution in [0.1, 0.15) is 67.4 Å². The van der Waals surface area contributed by atoms with Crippen molar-refractivity contribution in [3.05, 3.63) is 35.5 Å². The standard InChI is InChI=1S/C28H36F2N6O3S/c1-19-16-24(33-26(31-19)36-14-10-28(29,30)11-15-36)32-25(37)22-5-4-21(34-40(38,39)18-20-2-3-20)17-23(22)35-12-8-27(6-7-27)9-13-35/h4-5,16-17,20,34H,2-3,6-15,18H2,1H3,(H,31,32,33,37). The molecular formula is C28H36F2N6O3S. The summed E-state index contributed by atoms with van der Waals surface area (Å²) in [6.07, 6.45) is 5.96. The number of alkyl halides is 2. The first-order chi connectivity index (χ1) is 19.0. The molecular weight excluding hydrogens is 538 g/mol. The minimum Gasteiger partial charge on any atom is -0.371 e. The first kappa shape index (κ1) is 27.2. The molecule has 12 heteroatoms. The third-order valence-electron chi connectivity index (χ3n) is 8.65. The maximum absolute atomic E-state index is 13.7. The van der Waals surface area contributed by atoms with Crippen molar-refractivity contribution in [2.24, 2.45) is 11.3 Å². The summed E-state index contributed by atoms with van der Waals surface area (Å²) < 4.78 is 55.3. The summed E-state index contributed by atoms with van der Waals surface area (Å²) in [5.41, 5.74) is 2.61. The Kier molecular flexibility index (Phi) is 6.87. The fourth-order valence-electron chi connectivity index (χ4n) is 5.74. The molecule has 0 radical (unpaired) electrons. The van der Waals surface area contributed by atoms with Crippen LogP contribution >= 0.6 is 0 Å². The van der Waals surface area contributed by atoms with E-state index in [2.05, 4.69) is 24.9 Å². The number of piperidine rings is 2. The van der Waals surface area contributed by atoms with Crippen LogP contribution in [-0.2, 0) is 10.0 Å². The molecule has 1 amide bonds. The number of aromatic nitrogens is 2. The highest BCUT2D eigenvalue weighted by Gasteiger charge is 2.44. The molecule has 1 aromatic carbocycles. The zero-order valence-corrected chi connectivity index (χ0v) is 23.6. The SMILES string of the molecule is Cc1cc(NC(=O)c2ccc(NS(=O)(=O)CC3CC3)cc2N2CCC3(CC2)CC3)nc(N2CCC(F)(F)CC2)n1. The van der Waals surface area contributed by atoms with Crippen molar-refractivity contribution in [3.8, 4) is 0 Å². The molecule has 216 valence electrons. The number of hydrogen-bond acceptors (Lipinski definition) is 7. The first-order valence-electron chi connectivity index (χ1n) is 14.2. The smallest absolute Gasteiger partial charge is 0.258 e. The molecule has 2 saturated carbocycles. The van der Waals surface area contributed by atoms with E-state index in [1.54, 1.807) is 36.1 Å². The number of amides is 1. The number of nitrogens with zero attached hydrogens (tertiary/aromatic N) is 4. The Morgan fingerprint density at radius 3 is 2.30 bits per heavy atom. The zero-order chi connectivity index (χ0) is 28.1. The van der Waals surface area contributed by atoms with Crippen LogP contribution in [0.25, 0.3) is 0 Å². The van der Waals surface area contributed by atoms with Crippen molar-refractivity contribution in [2.45, 2.75) is 64.2 Å². The highest BCUT2D eigenvalue weighted by molar-refractivity contribution is 7.92. The van der Waals surface area contributed by atoms with Crippen molar-refractivity contribution in [2.75, 3.05) is 51.8 Å². The lowest BCUT2D eigenvalue weighted by atomic mass is 9.93. The summed E-state index contributed by atoms with van der Waals surface area (Å²) in [6, 6.07) is 6.69. The Labute approximate surface area is 233 Å². The van der Waals surface area contributed by atoms with Crippen LogP contribution in [0, 0.1) is 18.3 Å². The fourth-order valence-corrected chi connectivity index (χ4v) is 7.26. The van der Waals surface area contributed by atoms with E-state index in [9.17, 15) is 22.0 Å². The molecule has 4 fully saturated rings. The number of benzene rings is 1. The Bertz CT molecular complexity index is 1390. The maximum Gasteiger partial charge on any atom is 0.258 e. The highest BCUT2D eigenvalue weighted by atomic mass is 32.2. The molecule has 2 aliphatic carbocycles. The number of rotatable bonds is 8. The van der Waals surface area contributed by atoms with Gasteiger partial charge in [0.1, 0.15) is 5.82 Å². The average molecular weight is 575 g/mol. The fraction of sp³-hybridized carbons (Fsp3) is 0.607. The van der Waals surface area contributed by atoms with Crippen LogP contribution in [0.15, 0.2) is 24.3 Å². The van der Waals surface area contributed by atoms with E-state index in [0.29, 0.717) is 39.8 Å². The van der Waals surface area contributed by atoms with E-state index in [0.717, 1.165) is 38.8 Å². The summed E-state index contributed by atoms with van der Waals surface area (Å²) in [5.74, 6) is -2.11. The molecule has 40 heavy (non-hydrogen) atoms. The number of anilines is 4. The third-order valence-corrected chi connectivity index (χ3v) is 10.1. The average Bonchev–Trinajstić information content (AvgIpc) is 3.83. The molecule has 9 nitrogen and oxygen atoms in total. The van der Waals surface area contributed by atoms with Gasteiger partial charge >= 0.3 is 0 Å². The van der Waals surface area contributed by atoms with Crippen molar-refractivity contribution < 1.29 is 22.0 Å². The van der Waals surface area contributed by atoms with Gasteiger partial charge < -0.3 is 15.1 Å². The zero-order valence-electron chi connectivity index (χ0n) is 22.8. The number of carbonyl (C=O) groups excluding carboxylic acids is 1. The number of nitrogens with one attached hydrogen (secondary N) is 2. The van der Waals surface area contributed by atoms with Crippen LogP contribution in [0.5, 0.6) is 0 Å². The molecule has 6 rings (SSSR count). The van der Waals surface area contributed by atoms with Crippen LogP contribution in [-0.4, -0.2) is 62.1 Å². The second kappa shape index (κ2) is 10.1. The lowest BCUT2D eigenvalue weighted by molar-refractivity contribution is -0.0222. The Morgan fingerprint density at radius 2 is 1.65 bits per heavy atom. The van der Waals surface area contributed by atoms with Gasteiger partial charge in [-0.05, 0) is 75.0 Å². The van der Waals surface area contributed by atoms with E-state index < -0.39 is 15.9 Å². The van der Waals surface area contributed by atoms with Crippen LogP contribution < -0.4 is 19.8 Å². The monoisotopic (exact) mass is 574 g/mol. The second-order valence-corrected chi connectivity index (χ2v) is 13.8. The minimum absolute atomic E-state index is 0.112. The van der Waals surface area contributed by atoms with Crippen molar-refractivity contribution in [1.29, 1.82) is 0 Å². The van der Waals surface area contributed by atoms with Gasteiger partial charge in [-0.25, -0.2) is 22.2 Å². The quantitative estimate of drug-likeness (QED) is 0.466. The molecule has 1 spiro atoms. The Balaban J connectivity index is 1.23. The summed E-state index contributed by atoms with van der Waals surface area (Å²) in [6.45, 7) is 3.66. The number of sulfonamides is 1. The molecule has 2 aliphatic heterocycles. The molecule has 2 N–H and O–H groups in total. The predicted octanol–water partition coefficient (Wildman–Crippen LogP) is 4.80. The van der Waals surface area contributed by atoms with Gasteiger partial charge in [-0.15, -0.1) is 0 Å². The molecule has 0 bridgehead atoms. The van der Waals surface area contributed by atoms with Crippen molar-refractivity contribution in [3.63, 3.8) is 0 Å². The summed E-state index contributed by atoms with van der Waals surface area (Å²) >= 11 is 0.